The highest BCUT2D eigenvalue weighted by Gasteiger charge is 2.34. The van der Waals surface area contributed by atoms with Crippen LogP contribution in [0.2, 0.25) is 0 Å². The third kappa shape index (κ3) is 8.33. The molecule has 0 aromatic heterocycles. The number of halogens is 3. The van der Waals surface area contributed by atoms with E-state index in [9.17, 15) is 18.0 Å². The average Bonchev–Trinajstić information content (AvgIpc) is 2.86. The second-order valence-corrected chi connectivity index (χ2v) is 8.84. The summed E-state index contributed by atoms with van der Waals surface area (Å²) in [5.74, 6) is 0.554. The number of amides is 1. The first-order valence-electron chi connectivity index (χ1n) is 12.3. The Morgan fingerprint density at radius 2 is 1.67 bits per heavy atom. The molecule has 7 heteroatoms. The largest absolute Gasteiger partial charge is 0.489 e. The minimum atomic E-state index is -4.57. The number of carbonyl (C=O) groups is 1. The topological polar surface area (TPSA) is 50.4 Å². The van der Waals surface area contributed by atoms with E-state index < -0.39 is 11.7 Å². The van der Waals surface area contributed by atoms with E-state index in [2.05, 4.69) is 24.5 Å². The molecular weight excluding hydrogens is 465 g/mol. The van der Waals surface area contributed by atoms with Crippen LogP contribution in [0, 0.1) is 5.92 Å². The van der Waals surface area contributed by atoms with Crippen LogP contribution < -0.4 is 15.4 Å². The summed E-state index contributed by atoms with van der Waals surface area (Å²) in [7, 11) is 0. The van der Waals surface area contributed by atoms with Gasteiger partial charge in [-0.1, -0.05) is 69.5 Å². The molecule has 0 aliphatic carbocycles. The van der Waals surface area contributed by atoms with Gasteiger partial charge in [0.1, 0.15) is 12.4 Å². The van der Waals surface area contributed by atoms with Crippen molar-refractivity contribution in [2.24, 2.45) is 5.92 Å². The van der Waals surface area contributed by atoms with Gasteiger partial charge >= 0.3 is 6.18 Å². The predicted molar refractivity (Wildman–Crippen MR) is 138 cm³/mol. The normalized spacial score (nSPS) is 12.1. The summed E-state index contributed by atoms with van der Waals surface area (Å²) in [6, 6.07) is 19.8. The fourth-order valence-electron chi connectivity index (χ4n) is 4.05. The van der Waals surface area contributed by atoms with E-state index in [0.29, 0.717) is 23.7 Å². The van der Waals surface area contributed by atoms with E-state index in [-0.39, 0.29) is 24.0 Å². The summed E-state index contributed by atoms with van der Waals surface area (Å²) in [5.41, 5.74) is 0.911. The molecule has 1 atom stereocenters. The molecule has 3 aromatic carbocycles. The van der Waals surface area contributed by atoms with Gasteiger partial charge in [0.2, 0.25) is 5.91 Å². The van der Waals surface area contributed by atoms with E-state index in [4.69, 9.17) is 4.74 Å². The van der Waals surface area contributed by atoms with E-state index >= 15 is 0 Å². The maximum absolute atomic E-state index is 13.8. The van der Waals surface area contributed by atoms with Crippen molar-refractivity contribution in [3.63, 3.8) is 0 Å². The number of alkyl halides is 3. The number of benzene rings is 3. The third-order valence-corrected chi connectivity index (χ3v) is 6.02. The van der Waals surface area contributed by atoms with Crippen molar-refractivity contribution in [3.05, 3.63) is 83.9 Å². The Kier molecular flexibility index (Phi) is 9.79. The maximum atomic E-state index is 13.8. The molecule has 0 saturated carbocycles. The van der Waals surface area contributed by atoms with E-state index in [0.717, 1.165) is 37.3 Å². The van der Waals surface area contributed by atoms with Crippen LogP contribution in [-0.4, -0.2) is 5.91 Å². The molecular formula is C29H33F3N2O2. The van der Waals surface area contributed by atoms with Gasteiger partial charge in [-0.15, -0.1) is 0 Å². The summed E-state index contributed by atoms with van der Waals surface area (Å²) < 4.78 is 47.1. The smallest absolute Gasteiger partial charge is 0.418 e. The Labute approximate surface area is 210 Å². The molecule has 192 valence electrons. The van der Waals surface area contributed by atoms with E-state index in [1.165, 1.54) is 12.1 Å². The van der Waals surface area contributed by atoms with Gasteiger partial charge in [-0.2, -0.15) is 13.2 Å². The maximum Gasteiger partial charge on any atom is 0.418 e. The van der Waals surface area contributed by atoms with Crippen LogP contribution in [0.1, 0.15) is 57.1 Å². The summed E-state index contributed by atoms with van der Waals surface area (Å²) >= 11 is 0. The van der Waals surface area contributed by atoms with Crippen LogP contribution in [0.5, 0.6) is 5.75 Å². The molecule has 2 N–H and O–H groups in total. The summed E-state index contributed by atoms with van der Waals surface area (Å²) in [5, 5.41) is 5.70. The molecule has 0 heterocycles. The second kappa shape index (κ2) is 13.0. The predicted octanol–water partition coefficient (Wildman–Crippen LogP) is 8.57. The molecule has 1 unspecified atom stereocenters. The number of nitrogens with one attached hydrogen (secondary N) is 2. The Balaban J connectivity index is 1.68. The molecule has 3 aromatic rings. The highest BCUT2D eigenvalue weighted by molar-refractivity contribution is 5.91. The summed E-state index contributed by atoms with van der Waals surface area (Å²) in [6.07, 6.45) is -0.109. The number of carbonyl (C=O) groups excluding carboxylic acids is 1. The first kappa shape index (κ1) is 27.1. The standard InChI is InChI=1S/C29H33F3N2O2/c1-3-9-21(4-2)14-17-28(35)34-24-13-8-12-23(18-24)33-27-16-15-25(19-26(27)29(30,31)32)36-20-22-10-6-5-7-11-22/h5-8,10-13,15-16,18-19,21,33H,3-4,9,14,17,20H2,1-2H3,(H,34,35). The molecule has 36 heavy (non-hydrogen) atoms. The van der Waals surface area contributed by atoms with Crippen LogP contribution in [-0.2, 0) is 17.6 Å². The fourth-order valence-corrected chi connectivity index (χ4v) is 4.05. The number of ether oxygens (including phenoxy) is 1. The van der Waals surface area contributed by atoms with Gasteiger partial charge in [-0.25, -0.2) is 0 Å². The monoisotopic (exact) mass is 498 g/mol. The van der Waals surface area contributed by atoms with Crippen LogP contribution in [0.15, 0.2) is 72.8 Å². The van der Waals surface area contributed by atoms with Gasteiger partial charge in [0.05, 0.1) is 11.3 Å². The average molecular weight is 499 g/mol. The molecule has 1 amide bonds. The zero-order valence-electron chi connectivity index (χ0n) is 20.7. The van der Waals surface area contributed by atoms with Gasteiger partial charge in [-0.3, -0.25) is 4.79 Å². The van der Waals surface area contributed by atoms with Crippen LogP contribution in [0.4, 0.5) is 30.2 Å². The van der Waals surface area contributed by atoms with Gasteiger partial charge in [0.15, 0.2) is 0 Å². The first-order chi connectivity index (χ1) is 17.3. The fraction of sp³-hybridized carbons (Fsp3) is 0.345. The second-order valence-electron chi connectivity index (χ2n) is 8.84. The lowest BCUT2D eigenvalue weighted by molar-refractivity contribution is -0.137. The molecule has 4 nitrogen and oxygen atoms in total. The van der Waals surface area contributed by atoms with Crippen molar-refractivity contribution in [2.75, 3.05) is 10.6 Å². The number of hydrogen-bond donors (Lipinski definition) is 2. The lowest BCUT2D eigenvalue weighted by Gasteiger charge is -2.17. The lowest BCUT2D eigenvalue weighted by atomic mass is 9.95. The molecule has 0 aliphatic heterocycles. The molecule has 0 aliphatic rings. The van der Waals surface area contributed by atoms with Crippen molar-refractivity contribution in [2.45, 2.75) is 58.7 Å². The highest BCUT2D eigenvalue weighted by Crippen LogP contribution is 2.38. The zero-order valence-corrected chi connectivity index (χ0v) is 20.7. The van der Waals surface area contributed by atoms with Crippen LogP contribution in [0.3, 0.4) is 0 Å². The van der Waals surface area contributed by atoms with Crippen molar-refractivity contribution in [1.29, 1.82) is 0 Å². The summed E-state index contributed by atoms with van der Waals surface area (Å²) in [6.45, 7) is 4.44. The quantitative estimate of drug-likeness (QED) is 0.263. The van der Waals surface area contributed by atoms with Crippen molar-refractivity contribution < 1.29 is 22.7 Å². The Morgan fingerprint density at radius 1 is 0.917 bits per heavy atom. The Hall–Kier alpha value is -3.48. The lowest BCUT2D eigenvalue weighted by Crippen LogP contribution is -2.13. The molecule has 0 fully saturated rings. The summed E-state index contributed by atoms with van der Waals surface area (Å²) in [4.78, 5) is 12.4. The molecule has 3 rings (SSSR count). The van der Waals surface area contributed by atoms with Gasteiger partial charge in [-0.05, 0) is 54.3 Å². The van der Waals surface area contributed by atoms with E-state index in [1.54, 1.807) is 24.3 Å². The minimum Gasteiger partial charge on any atom is -0.489 e. The van der Waals surface area contributed by atoms with Gasteiger partial charge < -0.3 is 15.4 Å². The number of hydrogen-bond acceptors (Lipinski definition) is 3. The van der Waals surface area contributed by atoms with Crippen molar-refractivity contribution in [1.82, 2.24) is 0 Å². The van der Waals surface area contributed by atoms with Gasteiger partial charge in [0.25, 0.3) is 0 Å². The Bertz CT molecular complexity index is 1120. The highest BCUT2D eigenvalue weighted by atomic mass is 19.4. The zero-order chi connectivity index (χ0) is 26.0. The van der Waals surface area contributed by atoms with Crippen molar-refractivity contribution in [3.8, 4) is 5.75 Å². The number of rotatable bonds is 12. The van der Waals surface area contributed by atoms with Gasteiger partial charge in [0, 0.05) is 17.8 Å². The first-order valence-corrected chi connectivity index (χ1v) is 12.3. The van der Waals surface area contributed by atoms with Crippen molar-refractivity contribution >= 4 is 23.0 Å². The Morgan fingerprint density at radius 3 is 2.36 bits per heavy atom. The third-order valence-electron chi connectivity index (χ3n) is 6.02. The molecule has 0 saturated heterocycles. The molecule has 0 spiro atoms. The van der Waals surface area contributed by atoms with Crippen LogP contribution in [0.25, 0.3) is 0 Å². The molecule has 0 bridgehead atoms. The van der Waals surface area contributed by atoms with Crippen LogP contribution >= 0.6 is 0 Å². The minimum absolute atomic E-state index is 0.0941. The molecule has 0 radical (unpaired) electrons. The van der Waals surface area contributed by atoms with E-state index in [1.807, 2.05) is 30.3 Å². The SMILES string of the molecule is CCCC(CC)CCC(=O)Nc1cccc(Nc2ccc(OCc3ccccc3)cc2C(F)(F)F)c1. The number of anilines is 3.